The van der Waals surface area contributed by atoms with Crippen LogP contribution in [0.15, 0.2) is 18.2 Å². The molecule has 0 spiro atoms. The normalized spacial score (nSPS) is 22.8. The van der Waals surface area contributed by atoms with Gasteiger partial charge in [-0.15, -0.1) is 0 Å². The molecule has 2 atom stereocenters. The second-order valence-electron chi connectivity index (χ2n) is 5.17. The van der Waals surface area contributed by atoms with Crippen molar-refractivity contribution in [2.45, 2.75) is 38.7 Å². The fourth-order valence-electron chi connectivity index (χ4n) is 2.67. The largest absolute Gasteiger partial charge is 0.483 e. The van der Waals surface area contributed by atoms with Gasteiger partial charge in [0.15, 0.2) is 5.75 Å². The monoisotopic (exact) mass is 264 g/mol. The summed E-state index contributed by atoms with van der Waals surface area (Å²) in [5.74, 6) is 1.00. The zero-order valence-electron chi connectivity index (χ0n) is 11.4. The molecular weight excluding hydrogens is 244 g/mol. The van der Waals surface area contributed by atoms with Gasteiger partial charge < -0.3 is 10.1 Å². The first-order valence-electron chi connectivity index (χ1n) is 6.73. The van der Waals surface area contributed by atoms with Crippen LogP contribution in [0, 0.1) is 16.0 Å². The fourth-order valence-corrected chi connectivity index (χ4v) is 2.67. The Morgan fingerprint density at radius 1 is 1.42 bits per heavy atom. The van der Waals surface area contributed by atoms with E-state index in [0.717, 1.165) is 19.3 Å². The molecule has 2 unspecified atom stereocenters. The van der Waals surface area contributed by atoms with Crippen LogP contribution in [0.25, 0.3) is 0 Å². The Balaban J connectivity index is 2.21. The summed E-state index contributed by atoms with van der Waals surface area (Å²) in [6.45, 7) is 2.20. The number of hydrogen-bond donors (Lipinski definition) is 1. The van der Waals surface area contributed by atoms with Crippen molar-refractivity contribution < 1.29 is 9.66 Å². The molecule has 0 saturated heterocycles. The molecule has 1 saturated carbocycles. The maximum Gasteiger partial charge on any atom is 0.333 e. The number of anilines is 1. The van der Waals surface area contributed by atoms with Gasteiger partial charge in [0.1, 0.15) is 5.69 Å². The number of nitrogens with one attached hydrogen (secondary N) is 1. The predicted octanol–water partition coefficient (Wildman–Crippen LogP) is 3.59. The molecule has 1 aliphatic rings. The lowest BCUT2D eigenvalue weighted by Crippen LogP contribution is -2.24. The molecule has 1 aromatic rings. The first kappa shape index (κ1) is 13.6. The summed E-state index contributed by atoms with van der Waals surface area (Å²) in [6, 6.07) is 5.15. The van der Waals surface area contributed by atoms with E-state index in [4.69, 9.17) is 4.74 Å². The van der Waals surface area contributed by atoms with Crippen LogP contribution >= 0.6 is 0 Å². The zero-order chi connectivity index (χ0) is 13.8. The Morgan fingerprint density at radius 3 is 2.84 bits per heavy atom. The van der Waals surface area contributed by atoms with E-state index in [1.165, 1.54) is 6.42 Å². The van der Waals surface area contributed by atoms with Crippen molar-refractivity contribution in [3.05, 3.63) is 28.3 Å². The van der Waals surface area contributed by atoms with Crippen LogP contribution in [-0.4, -0.2) is 18.1 Å². The molecule has 0 aliphatic heterocycles. The van der Waals surface area contributed by atoms with E-state index < -0.39 is 0 Å². The molecule has 1 N–H and O–H groups in total. The summed E-state index contributed by atoms with van der Waals surface area (Å²) in [4.78, 5) is 10.8. The Hall–Kier alpha value is -1.78. The second kappa shape index (κ2) is 5.91. The van der Waals surface area contributed by atoms with Gasteiger partial charge in [0.05, 0.1) is 11.0 Å². The average Bonchev–Trinajstić information content (AvgIpc) is 2.38. The predicted molar refractivity (Wildman–Crippen MR) is 74.7 cm³/mol. The molecule has 0 radical (unpaired) electrons. The SMILES string of the molecule is CNc1cccc(OC2CCCC(C)C2)c1[N+](=O)[O-]. The lowest BCUT2D eigenvalue weighted by atomic mass is 9.89. The van der Waals surface area contributed by atoms with Crippen LogP contribution < -0.4 is 10.1 Å². The highest BCUT2D eigenvalue weighted by molar-refractivity contribution is 5.68. The van der Waals surface area contributed by atoms with Crippen LogP contribution in [-0.2, 0) is 0 Å². The Morgan fingerprint density at radius 2 is 2.21 bits per heavy atom. The Labute approximate surface area is 113 Å². The van der Waals surface area contributed by atoms with Crippen LogP contribution in [0.2, 0.25) is 0 Å². The molecule has 0 bridgehead atoms. The van der Waals surface area contributed by atoms with Crippen LogP contribution in [0.5, 0.6) is 5.75 Å². The molecular formula is C14H20N2O3. The van der Waals surface area contributed by atoms with E-state index >= 15 is 0 Å². The number of nitro groups is 1. The highest BCUT2D eigenvalue weighted by Crippen LogP contribution is 2.37. The Kier molecular flexibility index (Phi) is 4.24. The molecule has 0 aromatic heterocycles. The summed E-state index contributed by atoms with van der Waals surface area (Å²) < 4.78 is 5.88. The number of nitrogens with zero attached hydrogens (tertiary/aromatic N) is 1. The van der Waals surface area contributed by atoms with Gasteiger partial charge in [0.2, 0.25) is 0 Å². The number of para-hydroxylation sites is 1. The second-order valence-corrected chi connectivity index (χ2v) is 5.17. The smallest absolute Gasteiger partial charge is 0.333 e. The molecule has 104 valence electrons. The van der Waals surface area contributed by atoms with Crippen molar-refractivity contribution in [1.29, 1.82) is 0 Å². The number of hydrogen-bond acceptors (Lipinski definition) is 4. The van der Waals surface area contributed by atoms with E-state index in [-0.39, 0.29) is 16.7 Å². The molecule has 1 aromatic carbocycles. The van der Waals surface area contributed by atoms with Crippen molar-refractivity contribution in [3.63, 3.8) is 0 Å². The van der Waals surface area contributed by atoms with Crippen LogP contribution in [0.1, 0.15) is 32.6 Å². The van der Waals surface area contributed by atoms with E-state index in [1.807, 2.05) is 0 Å². The molecule has 5 nitrogen and oxygen atoms in total. The van der Waals surface area contributed by atoms with Crippen LogP contribution in [0.4, 0.5) is 11.4 Å². The summed E-state index contributed by atoms with van der Waals surface area (Å²) >= 11 is 0. The molecule has 0 amide bonds. The molecule has 1 fully saturated rings. The van der Waals surface area contributed by atoms with Gasteiger partial charge in [0, 0.05) is 7.05 Å². The van der Waals surface area contributed by atoms with Crippen molar-refractivity contribution in [3.8, 4) is 5.75 Å². The van der Waals surface area contributed by atoms with E-state index in [2.05, 4.69) is 12.2 Å². The highest BCUT2D eigenvalue weighted by Gasteiger charge is 2.25. The van der Waals surface area contributed by atoms with Crippen molar-refractivity contribution >= 4 is 11.4 Å². The number of nitro benzene ring substituents is 1. The minimum atomic E-state index is -0.382. The lowest BCUT2D eigenvalue weighted by Gasteiger charge is -2.27. The molecule has 19 heavy (non-hydrogen) atoms. The molecule has 0 heterocycles. The fraction of sp³-hybridized carbons (Fsp3) is 0.571. The van der Waals surface area contributed by atoms with Gasteiger partial charge in [-0.1, -0.05) is 19.4 Å². The maximum atomic E-state index is 11.2. The van der Waals surface area contributed by atoms with Gasteiger partial charge in [0.25, 0.3) is 0 Å². The highest BCUT2D eigenvalue weighted by atomic mass is 16.6. The van der Waals surface area contributed by atoms with Gasteiger partial charge in [-0.25, -0.2) is 0 Å². The van der Waals surface area contributed by atoms with Crippen molar-refractivity contribution in [2.24, 2.45) is 5.92 Å². The standard InChI is InChI=1S/C14H20N2O3/c1-10-5-3-6-11(9-10)19-13-8-4-7-12(15-2)14(13)16(17)18/h4,7-8,10-11,15H,3,5-6,9H2,1-2H3. The number of rotatable bonds is 4. The number of ether oxygens (including phenoxy) is 1. The van der Waals surface area contributed by atoms with E-state index in [9.17, 15) is 10.1 Å². The minimum Gasteiger partial charge on any atom is -0.483 e. The minimum absolute atomic E-state index is 0.0308. The van der Waals surface area contributed by atoms with Crippen LogP contribution in [0.3, 0.4) is 0 Å². The van der Waals surface area contributed by atoms with Crippen molar-refractivity contribution in [1.82, 2.24) is 0 Å². The molecule has 2 rings (SSSR count). The molecule has 5 heteroatoms. The van der Waals surface area contributed by atoms with Crippen molar-refractivity contribution in [2.75, 3.05) is 12.4 Å². The first-order valence-corrected chi connectivity index (χ1v) is 6.73. The third-order valence-electron chi connectivity index (χ3n) is 3.63. The number of benzene rings is 1. The van der Waals surface area contributed by atoms with Gasteiger partial charge in [-0.05, 0) is 37.3 Å². The quantitative estimate of drug-likeness (QED) is 0.666. The lowest BCUT2D eigenvalue weighted by molar-refractivity contribution is -0.385. The third kappa shape index (κ3) is 3.16. The third-order valence-corrected chi connectivity index (χ3v) is 3.63. The first-order chi connectivity index (χ1) is 9.11. The van der Waals surface area contributed by atoms with Gasteiger partial charge in [-0.2, -0.15) is 0 Å². The van der Waals surface area contributed by atoms with E-state index in [0.29, 0.717) is 17.4 Å². The topological polar surface area (TPSA) is 64.4 Å². The summed E-state index contributed by atoms with van der Waals surface area (Å²) in [6.07, 6.45) is 4.39. The maximum absolute atomic E-state index is 11.2. The average molecular weight is 264 g/mol. The Bertz CT molecular complexity index is 462. The van der Waals surface area contributed by atoms with Gasteiger partial charge in [-0.3, -0.25) is 10.1 Å². The van der Waals surface area contributed by atoms with Gasteiger partial charge >= 0.3 is 5.69 Å². The van der Waals surface area contributed by atoms with E-state index in [1.54, 1.807) is 25.2 Å². The zero-order valence-corrected chi connectivity index (χ0v) is 11.4. The summed E-state index contributed by atoms with van der Waals surface area (Å²) in [5.41, 5.74) is 0.523. The summed E-state index contributed by atoms with van der Waals surface area (Å²) in [5, 5.41) is 14.0. The summed E-state index contributed by atoms with van der Waals surface area (Å²) in [7, 11) is 1.68. The molecule has 1 aliphatic carbocycles.